The lowest BCUT2D eigenvalue weighted by atomic mass is 10.1. The van der Waals surface area contributed by atoms with E-state index in [1.165, 1.54) is 6.92 Å². The van der Waals surface area contributed by atoms with Crippen molar-refractivity contribution in [1.82, 2.24) is 9.88 Å². The van der Waals surface area contributed by atoms with Crippen LogP contribution in [0, 0.1) is 0 Å². The number of fused-ring (bicyclic) bond motifs is 1. The molecule has 144 valence electrons. The molecule has 0 radical (unpaired) electrons. The molecule has 0 spiro atoms. The summed E-state index contributed by atoms with van der Waals surface area (Å²) in [4.78, 5) is 32.9. The largest absolute Gasteiger partial charge is 0.494 e. The lowest BCUT2D eigenvalue weighted by Gasteiger charge is -2.34. The van der Waals surface area contributed by atoms with E-state index < -0.39 is 0 Å². The van der Waals surface area contributed by atoms with Crippen LogP contribution in [0.5, 0.6) is 5.75 Å². The van der Waals surface area contributed by atoms with E-state index in [0.29, 0.717) is 24.2 Å². The van der Waals surface area contributed by atoms with E-state index in [0.717, 1.165) is 34.2 Å². The van der Waals surface area contributed by atoms with Crippen molar-refractivity contribution in [2.75, 3.05) is 38.2 Å². The van der Waals surface area contributed by atoms with E-state index in [4.69, 9.17) is 9.72 Å². The van der Waals surface area contributed by atoms with Crippen molar-refractivity contribution >= 4 is 38.4 Å². The molecule has 1 saturated heterocycles. The van der Waals surface area contributed by atoms with Gasteiger partial charge in [0.25, 0.3) is 5.91 Å². The van der Waals surface area contributed by atoms with E-state index >= 15 is 0 Å². The molecule has 7 heteroatoms. The Hall–Kier alpha value is -2.93. The molecule has 1 aliphatic heterocycles. The van der Waals surface area contributed by atoms with E-state index in [1.807, 2.05) is 23.1 Å². The number of aromatic nitrogens is 1. The number of methoxy groups -OCH3 is 1. The molecule has 0 aliphatic carbocycles. The number of ketones is 1. The van der Waals surface area contributed by atoms with Gasteiger partial charge in [0.2, 0.25) is 0 Å². The standard InChI is InChI=1S/C21H21N3O3S/c1-14(25)15-6-8-16(9-7-15)20(26)23-10-12-24(13-11-23)21-22-19-17(27-2)4-3-5-18(19)28-21/h3-9H,10-13H2,1-2H3. The van der Waals surface area contributed by atoms with Gasteiger partial charge in [0.05, 0.1) is 11.8 Å². The number of carbonyl (C=O) groups is 2. The lowest BCUT2D eigenvalue weighted by Crippen LogP contribution is -2.48. The molecule has 28 heavy (non-hydrogen) atoms. The number of rotatable bonds is 4. The van der Waals surface area contributed by atoms with E-state index in [1.54, 1.807) is 42.7 Å². The number of Topliss-reactive ketones (excluding diaryl/α,β-unsaturated/α-hetero) is 1. The highest BCUT2D eigenvalue weighted by atomic mass is 32.1. The number of amides is 1. The Morgan fingerprint density at radius 2 is 1.68 bits per heavy atom. The summed E-state index contributed by atoms with van der Waals surface area (Å²) >= 11 is 1.64. The zero-order valence-electron chi connectivity index (χ0n) is 15.8. The highest BCUT2D eigenvalue weighted by Crippen LogP contribution is 2.34. The van der Waals surface area contributed by atoms with Crippen molar-refractivity contribution < 1.29 is 14.3 Å². The minimum atomic E-state index is 0.0000727. The normalized spacial score (nSPS) is 14.4. The van der Waals surface area contributed by atoms with Gasteiger partial charge >= 0.3 is 0 Å². The van der Waals surface area contributed by atoms with Crippen LogP contribution in [-0.4, -0.2) is 54.9 Å². The second-order valence-electron chi connectivity index (χ2n) is 6.72. The number of ether oxygens (including phenoxy) is 1. The number of hydrogen-bond acceptors (Lipinski definition) is 6. The maximum absolute atomic E-state index is 12.7. The topological polar surface area (TPSA) is 62.7 Å². The third kappa shape index (κ3) is 3.45. The first-order valence-electron chi connectivity index (χ1n) is 9.15. The van der Waals surface area contributed by atoms with Gasteiger partial charge in [-0.05, 0) is 31.2 Å². The molecule has 0 N–H and O–H groups in total. The van der Waals surface area contributed by atoms with Gasteiger partial charge in [0.1, 0.15) is 11.3 Å². The first-order chi connectivity index (χ1) is 13.6. The molecule has 2 aromatic carbocycles. The molecule has 3 aromatic rings. The van der Waals surface area contributed by atoms with Crippen LogP contribution >= 0.6 is 11.3 Å². The predicted octanol–water partition coefficient (Wildman–Crippen LogP) is 3.47. The Kier molecular flexibility index (Phi) is 5.00. The maximum atomic E-state index is 12.7. The first-order valence-corrected chi connectivity index (χ1v) is 9.97. The minimum Gasteiger partial charge on any atom is -0.494 e. The van der Waals surface area contributed by atoms with Crippen molar-refractivity contribution in [3.8, 4) is 5.75 Å². The van der Waals surface area contributed by atoms with Gasteiger partial charge < -0.3 is 14.5 Å². The molecular weight excluding hydrogens is 374 g/mol. The van der Waals surface area contributed by atoms with Gasteiger partial charge in [-0.25, -0.2) is 4.98 Å². The molecule has 1 amide bonds. The van der Waals surface area contributed by atoms with Gasteiger partial charge in [-0.3, -0.25) is 9.59 Å². The van der Waals surface area contributed by atoms with Crippen molar-refractivity contribution in [2.45, 2.75) is 6.92 Å². The summed E-state index contributed by atoms with van der Waals surface area (Å²) in [7, 11) is 1.65. The highest BCUT2D eigenvalue weighted by molar-refractivity contribution is 7.22. The summed E-state index contributed by atoms with van der Waals surface area (Å²) in [6.07, 6.45) is 0. The number of hydrogen-bond donors (Lipinski definition) is 0. The van der Waals surface area contributed by atoms with Crippen LogP contribution in [0.15, 0.2) is 42.5 Å². The van der Waals surface area contributed by atoms with Crippen LogP contribution in [0.1, 0.15) is 27.6 Å². The van der Waals surface area contributed by atoms with Gasteiger partial charge in [0, 0.05) is 37.3 Å². The number of para-hydroxylation sites is 1. The van der Waals surface area contributed by atoms with E-state index in [2.05, 4.69) is 4.90 Å². The van der Waals surface area contributed by atoms with E-state index in [-0.39, 0.29) is 11.7 Å². The summed E-state index contributed by atoms with van der Waals surface area (Å²) in [5, 5.41) is 0.956. The molecule has 1 aromatic heterocycles. The molecule has 1 fully saturated rings. The van der Waals surface area contributed by atoms with Crippen LogP contribution in [0.25, 0.3) is 10.2 Å². The molecule has 0 saturated carbocycles. The lowest BCUT2D eigenvalue weighted by molar-refractivity contribution is 0.0746. The summed E-state index contributed by atoms with van der Waals surface area (Å²) in [6.45, 7) is 4.27. The number of piperazine rings is 1. The van der Waals surface area contributed by atoms with Crippen molar-refractivity contribution in [1.29, 1.82) is 0 Å². The third-order valence-electron chi connectivity index (χ3n) is 4.97. The number of thiazole rings is 1. The maximum Gasteiger partial charge on any atom is 0.253 e. The van der Waals surface area contributed by atoms with Crippen LogP contribution in [0.4, 0.5) is 5.13 Å². The molecular formula is C21H21N3O3S. The van der Waals surface area contributed by atoms with Gasteiger partial charge in [-0.2, -0.15) is 0 Å². The molecule has 0 bridgehead atoms. The van der Waals surface area contributed by atoms with Gasteiger partial charge in [-0.1, -0.05) is 29.5 Å². The molecule has 4 rings (SSSR count). The number of benzene rings is 2. The number of nitrogens with zero attached hydrogens (tertiary/aromatic N) is 3. The average Bonchev–Trinajstić information content (AvgIpc) is 3.18. The smallest absolute Gasteiger partial charge is 0.253 e. The Morgan fingerprint density at radius 1 is 1.00 bits per heavy atom. The highest BCUT2D eigenvalue weighted by Gasteiger charge is 2.24. The monoisotopic (exact) mass is 395 g/mol. The molecule has 1 aliphatic rings. The molecule has 2 heterocycles. The molecule has 0 unspecified atom stereocenters. The van der Waals surface area contributed by atoms with Crippen molar-refractivity contribution in [2.24, 2.45) is 0 Å². The summed E-state index contributed by atoms with van der Waals surface area (Å²) in [6, 6.07) is 12.8. The Labute approximate surface area is 167 Å². The van der Waals surface area contributed by atoms with Gasteiger partial charge in [0.15, 0.2) is 10.9 Å². The fourth-order valence-corrected chi connectivity index (χ4v) is 4.38. The molecule has 0 atom stereocenters. The first kappa shape index (κ1) is 18.4. The number of carbonyl (C=O) groups excluding carboxylic acids is 2. The van der Waals surface area contributed by atoms with Crippen molar-refractivity contribution in [3.63, 3.8) is 0 Å². The van der Waals surface area contributed by atoms with Crippen LogP contribution in [-0.2, 0) is 0 Å². The zero-order valence-corrected chi connectivity index (χ0v) is 16.7. The average molecular weight is 395 g/mol. The SMILES string of the molecule is COc1cccc2sc(N3CCN(C(=O)c4ccc(C(C)=O)cc4)CC3)nc12. The second-order valence-corrected chi connectivity index (χ2v) is 7.73. The predicted molar refractivity (Wildman–Crippen MR) is 111 cm³/mol. The van der Waals surface area contributed by atoms with E-state index in [9.17, 15) is 9.59 Å². The summed E-state index contributed by atoms with van der Waals surface area (Å²) in [5.74, 6) is 0.781. The Balaban J connectivity index is 1.44. The van der Waals surface area contributed by atoms with Gasteiger partial charge in [-0.15, -0.1) is 0 Å². The summed E-state index contributed by atoms with van der Waals surface area (Å²) < 4.78 is 6.50. The fraction of sp³-hybridized carbons (Fsp3) is 0.286. The van der Waals surface area contributed by atoms with Crippen LogP contribution in [0.3, 0.4) is 0 Å². The van der Waals surface area contributed by atoms with Crippen molar-refractivity contribution in [3.05, 3.63) is 53.6 Å². The zero-order chi connectivity index (χ0) is 19.7. The minimum absolute atomic E-state index is 0.0000727. The Morgan fingerprint density at radius 3 is 2.32 bits per heavy atom. The number of anilines is 1. The molecule has 6 nitrogen and oxygen atoms in total. The fourth-order valence-electron chi connectivity index (χ4n) is 3.34. The summed E-state index contributed by atoms with van der Waals surface area (Å²) in [5.41, 5.74) is 2.12. The van der Waals surface area contributed by atoms with Crippen LogP contribution in [0.2, 0.25) is 0 Å². The second kappa shape index (κ2) is 7.59. The third-order valence-corrected chi connectivity index (χ3v) is 6.05. The quantitative estimate of drug-likeness (QED) is 0.633. The van der Waals surface area contributed by atoms with Crippen LogP contribution < -0.4 is 9.64 Å². The Bertz CT molecular complexity index is 1020.